The highest BCUT2D eigenvalue weighted by molar-refractivity contribution is 8.00. The van der Waals surface area contributed by atoms with E-state index in [9.17, 15) is 13.2 Å². The number of morpholine rings is 1. The zero-order chi connectivity index (χ0) is 17.6. The Morgan fingerprint density at radius 1 is 1.50 bits per heavy atom. The molecule has 1 N–H and O–H groups in total. The van der Waals surface area contributed by atoms with Crippen molar-refractivity contribution in [3.8, 4) is 5.75 Å². The molecule has 9 heteroatoms. The van der Waals surface area contributed by atoms with E-state index in [1.54, 1.807) is 7.11 Å². The molecular weight excluding hydrogens is 352 g/mol. The number of amides is 1. The molecular formula is C15H22N2O5S2. The van der Waals surface area contributed by atoms with Crippen molar-refractivity contribution in [2.24, 2.45) is 0 Å². The Morgan fingerprint density at radius 2 is 2.29 bits per heavy atom. The van der Waals surface area contributed by atoms with Gasteiger partial charge >= 0.3 is 0 Å². The summed E-state index contributed by atoms with van der Waals surface area (Å²) in [6, 6.07) is 7.49. The third kappa shape index (κ3) is 5.97. The molecule has 1 atom stereocenters. The minimum atomic E-state index is -3.23. The van der Waals surface area contributed by atoms with E-state index >= 15 is 0 Å². The van der Waals surface area contributed by atoms with Crippen LogP contribution in [0.4, 0.5) is 0 Å². The first-order valence-electron chi connectivity index (χ1n) is 7.49. The summed E-state index contributed by atoms with van der Waals surface area (Å²) < 4.78 is 35.1. The van der Waals surface area contributed by atoms with Crippen molar-refractivity contribution in [3.63, 3.8) is 0 Å². The number of sulfonamides is 1. The lowest BCUT2D eigenvalue weighted by molar-refractivity contribution is -0.119. The average molecular weight is 374 g/mol. The van der Waals surface area contributed by atoms with Gasteiger partial charge in [0.25, 0.3) is 0 Å². The molecule has 1 fully saturated rings. The van der Waals surface area contributed by atoms with Crippen LogP contribution in [0.25, 0.3) is 0 Å². The van der Waals surface area contributed by atoms with Gasteiger partial charge in [-0.3, -0.25) is 4.79 Å². The normalized spacial score (nSPS) is 19.0. The van der Waals surface area contributed by atoms with Crippen LogP contribution >= 0.6 is 11.8 Å². The number of nitrogens with one attached hydrogen (secondary N) is 1. The Balaban J connectivity index is 1.74. The lowest BCUT2D eigenvalue weighted by Crippen LogP contribution is -2.49. The summed E-state index contributed by atoms with van der Waals surface area (Å²) in [4.78, 5) is 12.9. The minimum Gasteiger partial charge on any atom is -0.497 e. The molecule has 0 aliphatic carbocycles. The van der Waals surface area contributed by atoms with E-state index < -0.39 is 10.0 Å². The maximum Gasteiger partial charge on any atom is 0.230 e. The largest absolute Gasteiger partial charge is 0.497 e. The molecule has 1 aliphatic rings. The number of carbonyl (C=O) groups excluding carboxylic acids is 1. The Hall–Kier alpha value is -1.29. The standard InChI is InChI=1S/C15H22N2O5S2/c1-21-12-4-3-5-14(8-12)23-11-15(18)16-9-13-10-17(6-7-22-13)24(2,19)20/h3-5,8,13H,6-7,9-11H2,1-2H3,(H,16,18)/t13-/m1/s1. The summed E-state index contributed by atoms with van der Waals surface area (Å²) in [5.41, 5.74) is 0. The molecule has 0 spiro atoms. The Morgan fingerprint density at radius 3 is 3.00 bits per heavy atom. The highest BCUT2D eigenvalue weighted by Gasteiger charge is 2.26. The van der Waals surface area contributed by atoms with Gasteiger partial charge in [-0.15, -0.1) is 11.8 Å². The van der Waals surface area contributed by atoms with Gasteiger partial charge in [0.1, 0.15) is 5.75 Å². The molecule has 1 aliphatic heterocycles. The summed E-state index contributed by atoms with van der Waals surface area (Å²) >= 11 is 1.41. The highest BCUT2D eigenvalue weighted by atomic mass is 32.2. The van der Waals surface area contributed by atoms with Crippen molar-refractivity contribution in [3.05, 3.63) is 24.3 Å². The lowest BCUT2D eigenvalue weighted by atomic mass is 10.3. The van der Waals surface area contributed by atoms with Crippen molar-refractivity contribution in [1.29, 1.82) is 0 Å². The van der Waals surface area contributed by atoms with E-state index in [1.165, 1.54) is 22.3 Å². The maximum absolute atomic E-state index is 11.9. The third-order valence-electron chi connectivity index (χ3n) is 3.51. The monoisotopic (exact) mass is 374 g/mol. The van der Waals surface area contributed by atoms with Gasteiger partial charge in [0.2, 0.25) is 15.9 Å². The average Bonchev–Trinajstić information content (AvgIpc) is 2.58. The molecule has 0 saturated carbocycles. The maximum atomic E-state index is 11.9. The summed E-state index contributed by atoms with van der Waals surface area (Å²) in [7, 11) is -1.63. The number of rotatable bonds is 7. The van der Waals surface area contributed by atoms with Crippen molar-refractivity contribution >= 4 is 27.7 Å². The van der Waals surface area contributed by atoms with E-state index in [0.717, 1.165) is 10.6 Å². The number of thioether (sulfide) groups is 1. The van der Waals surface area contributed by atoms with Crippen LogP contribution in [-0.4, -0.2) is 70.1 Å². The van der Waals surface area contributed by atoms with Gasteiger partial charge in [0.15, 0.2) is 0 Å². The number of carbonyl (C=O) groups is 1. The molecule has 134 valence electrons. The van der Waals surface area contributed by atoms with Gasteiger partial charge in [-0.05, 0) is 18.2 Å². The van der Waals surface area contributed by atoms with Crippen molar-refractivity contribution < 1.29 is 22.7 Å². The van der Waals surface area contributed by atoms with Crippen LogP contribution in [0, 0.1) is 0 Å². The molecule has 0 bridgehead atoms. The first-order chi connectivity index (χ1) is 11.4. The van der Waals surface area contributed by atoms with Crippen LogP contribution < -0.4 is 10.1 Å². The van der Waals surface area contributed by atoms with E-state index in [-0.39, 0.29) is 24.3 Å². The second kappa shape index (κ2) is 8.70. The second-order valence-electron chi connectivity index (χ2n) is 5.39. The van der Waals surface area contributed by atoms with Crippen LogP contribution in [0.2, 0.25) is 0 Å². The molecule has 0 aromatic heterocycles. The zero-order valence-electron chi connectivity index (χ0n) is 13.7. The smallest absolute Gasteiger partial charge is 0.230 e. The fraction of sp³-hybridized carbons (Fsp3) is 0.533. The number of hydrogen-bond acceptors (Lipinski definition) is 6. The minimum absolute atomic E-state index is 0.122. The van der Waals surface area contributed by atoms with Crippen molar-refractivity contribution in [1.82, 2.24) is 9.62 Å². The van der Waals surface area contributed by atoms with Crippen molar-refractivity contribution in [2.75, 3.05) is 45.4 Å². The molecule has 1 aromatic rings. The van der Waals surface area contributed by atoms with Gasteiger partial charge in [0, 0.05) is 24.5 Å². The predicted octanol–water partition coefficient (Wildman–Crippen LogP) is 0.564. The Bertz CT molecular complexity index is 666. The van der Waals surface area contributed by atoms with E-state index in [4.69, 9.17) is 9.47 Å². The van der Waals surface area contributed by atoms with Gasteiger partial charge in [-0.1, -0.05) is 6.07 Å². The molecule has 1 heterocycles. The topological polar surface area (TPSA) is 84.9 Å². The molecule has 1 aromatic carbocycles. The summed E-state index contributed by atoms with van der Waals surface area (Å²) in [6.07, 6.45) is 0.859. The predicted molar refractivity (Wildman–Crippen MR) is 92.9 cm³/mol. The van der Waals surface area contributed by atoms with Crippen LogP contribution in [0.1, 0.15) is 0 Å². The van der Waals surface area contributed by atoms with Crippen LogP contribution in [0.15, 0.2) is 29.2 Å². The molecule has 1 amide bonds. The number of hydrogen-bond donors (Lipinski definition) is 1. The quantitative estimate of drug-likeness (QED) is 0.702. The van der Waals surface area contributed by atoms with Gasteiger partial charge in [-0.25, -0.2) is 8.42 Å². The first kappa shape index (κ1) is 19.0. The fourth-order valence-corrected chi connectivity index (χ4v) is 3.85. The van der Waals surface area contributed by atoms with E-state index in [0.29, 0.717) is 19.7 Å². The molecule has 24 heavy (non-hydrogen) atoms. The summed E-state index contributed by atoms with van der Waals surface area (Å²) in [6.45, 7) is 1.26. The van der Waals surface area contributed by atoms with E-state index in [1.807, 2.05) is 24.3 Å². The van der Waals surface area contributed by atoms with Crippen LogP contribution in [-0.2, 0) is 19.6 Å². The van der Waals surface area contributed by atoms with Gasteiger partial charge < -0.3 is 14.8 Å². The lowest BCUT2D eigenvalue weighted by Gasteiger charge is -2.31. The highest BCUT2D eigenvalue weighted by Crippen LogP contribution is 2.22. The molecule has 1 saturated heterocycles. The van der Waals surface area contributed by atoms with Crippen LogP contribution in [0.5, 0.6) is 5.75 Å². The summed E-state index contributed by atoms with van der Waals surface area (Å²) in [5, 5.41) is 2.79. The number of nitrogens with zero attached hydrogens (tertiary/aromatic N) is 1. The first-order valence-corrected chi connectivity index (χ1v) is 10.3. The van der Waals surface area contributed by atoms with Crippen LogP contribution in [0.3, 0.4) is 0 Å². The molecule has 0 unspecified atom stereocenters. The number of methoxy groups -OCH3 is 1. The SMILES string of the molecule is COc1cccc(SCC(=O)NC[C@@H]2CN(S(C)(=O)=O)CCO2)c1. The van der Waals surface area contributed by atoms with Crippen molar-refractivity contribution in [2.45, 2.75) is 11.0 Å². The fourth-order valence-electron chi connectivity index (χ4n) is 2.24. The van der Waals surface area contributed by atoms with E-state index in [2.05, 4.69) is 5.32 Å². The number of benzene rings is 1. The second-order valence-corrected chi connectivity index (χ2v) is 8.42. The van der Waals surface area contributed by atoms with Gasteiger partial charge in [-0.2, -0.15) is 4.31 Å². The van der Waals surface area contributed by atoms with Gasteiger partial charge in [0.05, 0.1) is 31.8 Å². The Labute approximate surface area is 146 Å². The molecule has 7 nitrogen and oxygen atoms in total. The zero-order valence-corrected chi connectivity index (χ0v) is 15.4. The number of ether oxygens (including phenoxy) is 2. The summed E-state index contributed by atoms with van der Waals surface area (Å²) in [5.74, 6) is 0.898. The third-order valence-corrected chi connectivity index (χ3v) is 5.77. The Kier molecular flexibility index (Phi) is 6.90. The molecule has 2 rings (SSSR count). The molecule has 0 radical (unpaired) electrons.